The largest absolute Gasteiger partial charge is 0.474 e. The van der Waals surface area contributed by atoms with E-state index in [0.29, 0.717) is 11.9 Å². The topological polar surface area (TPSA) is 43.4 Å². The van der Waals surface area contributed by atoms with Crippen LogP contribution in [0.15, 0.2) is 18.3 Å². The average Bonchev–Trinajstić information content (AvgIpc) is 2.38. The molecule has 1 aromatic rings. The SMILES string of the molecule is CCNC(C)c1ccc(OC2CC(C)OC(C)C2)nc1. The monoisotopic (exact) mass is 278 g/mol. The second-order valence-corrected chi connectivity index (χ2v) is 5.68. The van der Waals surface area contributed by atoms with Gasteiger partial charge in [-0.25, -0.2) is 4.98 Å². The molecule has 0 aromatic carbocycles. The number of aromatic nitrogens is 1. The summed E-state index contributed by atoms with van der Waals surface area (Å²) in [5.74, 6) is 0.712. The number of hydrogen-bond donors (Lipinski definition) is 1. The minimum Gasteiger partial charge on any atom is -0.474 e. The van der Waals surface area contributed by atoms with E-state index >= 15 is 0 Å². The number of ether oxygens (including phenoxy) is 2. The van der Waals surface area contributed by atoms with Crippen molar-refractivity contribution >= 4 is 0 Å². The van der Waals surface area contributed by atoms with Crippen LogP contribution in [0.3, 0.4) is 0 Å². The summed E-state index contributed by atoms with van der Waals surface area (Å²) in [4.78, 5) is 4.42. The van der Waals surface area contributed by atoms with Crippen LogP contribution in [-0.2, 0) is 4.74 Å². The van der Waals surface area contributed by atoms with E-state index in [9.17, 15) is 0 Å². The number of rotatable bonds is 5. The Morgan fingerprint density at radius 3 is 2.60 bits per heavy atom. The molecule has 1 aliphatic heterocycles. The van der Waals surface area contributed by atoms with Crippen LogP contribution in [0.2, 0.25) is 0 Å². The zero-order valence-electron chi connectivity index (χ0n) is 12.9. The molecule has 20 heavy (non-hydrogen) atoms. The van der Waals surface area contributed by atoms with E-state index < -0.39 is 0 Å². The first-order valence-electron chi connectivity index (χ1n) is 7.60. The first-order chi connectivity index (χ1) is 9.58. The molecule has 0 spiro atoms. The number of pyridine rings is 1. The predicted molar refractivity (Wildman–Crippen MR) is 80.0 cm³/mol. The molecular weight excluding hydrogens is 252 g/mol. The highest BCUT2D eigenvalue weighted by Crippen LogP contribution is 2.23. The summed E-state index contributed by atoms with van der Waals surface area (Å²) < 4.78 is 11.7. The van der Waals surface area contributed by atoms with Crippen LogP contribution in [0.25, 0.3) is 0 Å². The average molecular weight is 278 g/mol. The molecule has 4 heteroatoms. The minimum absolute atomic E-state index is 0.207. The van der Waals surface area contributed by atoms with Crippen LogP contribution < -0.4 is 10.1 Å². The fraction of sp³-hybridized carbons (Fsp3) is 0.688. The third-order valence-corrected chi connectivity index (χ3v) is 3.71. The van der Waals surface area contributed by atoms with Crippen LogP contribution in [0.1, 0.15) is 52.1 Å². The highest BCUT2D eigenvalue weighted by Gasteiger charge is 2.26. The second-order valence-electron chi connectivity index (χ2n) is 5.68. The van der Waals surface area contributed by atoms with Crippen molar-refractivity contribution in [3.8, 4) is 5.88 Å². The molecule has 1 fully saturated rings. The van der Waals surface area contributed by atoms with Gasteiger partial charge in [-0.3, -0.25) is 0 Å². The van der Waals surface area contributed by atoms with Crippen molar-refractivity contribution in [3.05, 3.63) is 23.9 Å². The van der Waals surface area contributed by atoms with Gasteiger partial charge in [0.1, 0.15) is 6.10 Å². The van der Waals surface area contributed by atoms with Crippen molar-refractivity contribution in [1.82, 2.24) is 10.3 Å². The molecule has 0 radical (unpaired) electrons. The molecule has 2 heterocycles. The maximum atomic E-state index is 5.98. The first-order valence-corrected chi connectivity index (χ1v) is 7.60. The lowest BCUT2D eigenvalue weighted by Crippen LogP contribution is -2.35. The molecule has 1 saturated heterocycles. The standard InChI is InChI=1S/C16H26N2O2/c1-5-17-13(4)14-6-7-16(18-10-14)20-15-8-11(2)19-12(3)9-15/h6-7,10-13,15,17H,5,8-9H2,1-4H3. The molecule has 1 aliphatic rings. The zero-order chi connectivity index (χ0) is 14.5. The minimum atomic E-state index is 0.207. The van der Waals surface area contributed by atoms with Gasteiger partial charge in [0.25, 0.3) is 0 Å². The summed E-state index contributed by atoms with van der Waals surface area (Å²) in [6.45, 7) is 9.40. The van der Waals surface area contributed by atoms with Gasteiger partial charge in [0.05, 0.1) is 12.2 Å². The van der Waals surface area contributed by atoms with E-state index in [-0.39, 0.29) is 18.3 Å². The van der Waals surface area contributed by atoms with Gasteiger partial charge >= 0.3 is 0 Å². The Bertz CT molecular complexity index is 397. The van der Waals surface area contributed by atoms with Crippen LogP contribution >= 0.6 is 0 Å². The van der Waals surface area contributed by atoms with Crippen molar-refractivity contribution in [2.75, 3.05) is 6.54 Å². The maximum absolute atomic E-state index is 5.98. The second kappa shape index (κ2) is 7.04. The third kappa shape index (κ3) is 4.18. The van der Waals surface area contributed by atoms with Crippen molar-refractivity contribution in [2.24, 2.45) is 0 Å². The van der Waals surface area contributed by atoms with Gasteiger partial charge in [-0.2, -0.15) is 0 Å². The van der Waals surface area contributed by atoms with Gasteiger partial charge in [0.2, 0.25) is 5.88 Å². The number of nitrogens with zero attached hydrogens (tertiary/aromatic N) is 1. The molecule has 3 atom stereocenters. The fourth-order valence-corrected chi connectivity index (χ4v) is 2.75. The highest BCUT2D eigenvalue weighted by atomic mass is 16.5. The molecule has 0 saturated carbocycles. The van der Waals surface area contributed by atoms with Crippen molar-refractivity contribution in [2.45, 2.75) is 64.9 Å². The van der Waals surface area contributed by atoms with Crippen molar-refractivity contribution < 1.29 is 9.47 Å². The third-order valence-electron chi connectivity index (χ3n) is 3.71. The zero-order valence-corrected chi connectivity index (χ0v) is 12.9. The Labute approximate surface area is 121 Å². The van der Waals surface area contributed by atoms with Crippen LogP contribution in [-0.4, -0.2) is 29.8 Å². The number of hydrogen-bond acceptors (Lipinski definition) is 4. The van der Waals surface area contributed by atoms with E-state index in [0.717, 1.165) is 19.4 Å². The molecule has 0 bridgehead atoms. The molecule has 1 N–H and O–H groups in total. The van der Waals surface area contributed by atoms with Crippen LogP contribution in [0.5, 0.6) is 5.88 Å². The maximum Gasteiger partial charge on any atom is 0.213 e. The van der Waals surface area contributed by atoms with E-state index in [2.05, 4.69) is 44.1 Å². The summed E-state index contributed by atoms with van der Waals surface area (Å²) in [5.41, 5.74) is 1.19. The van der Waals surface area contributed by atoms with E-state index in [4.69, 9.17) is 9.47 Å². The van der Waals surface area contributed by atoms with Gasteiger partial charge in [-0.15, -0.1) is 0 Å². The molecular formula is C16H26N2O2. The van der Waals surface area contributed by atoms with Crippen molar-refractivity contribution in [3.63, 3.8) is 0 Å². The highest BCUT2D eigenvalue weighted by molar-refractivity contribution is 5.20. The summed E-state index contributed by atoms with van der Waals surface area (Å²) in [7, 11) is 0. The van der Waals surface area contributed by atoms with Crippen LogP contribution in [0, 0.1) is 0 Å². The lowest BCUT2D eigenvalue weighted by atomic mass is 10.0. The Morgan fingerprint density at radius 2 is 2.05 bits per heavy atom. The van der Waals surface area contributed by atoms with Gasteiger partial charge in [-0.1, -0.05) is 13.0 Å². The summed E-state index contributed by atoms with van der Waals surface area (Å²) >= 11 is 0. The Morgan fingerprint density at radius 1 is 1.35 bits per heavy atom. The Kier molecular flexibility index (Phi) is 5.38. The predicted octanol–water partition coefficient (Wildman–Crippen LogP) is 3.09. The van der Waals surface area contributed by atoms with Crippen LogP contribution in [0.4, 0.5) is 0 Å². The van der Waals surface area contributed by atoms with E-state index in [1.54, 1.807) is 0 Å². The molecule has 0 amide bonds. The van der Waals surface area contributed by atoms with Gasteiger partial charge in [0, 0.05) is 31.1 Å². The molecule has 4 nitrogen and oxygen atoms in total. The smallest absolute Gasteiger partial charge is 0.213 e. The van der Waals surface area contributed by atoms with E-state index in [1.807, 2.05) is 12.3 Å². The fourth-order valence-electron chi connectivity index (χ4n) is 2.75. The summed E-state index contributed by atoms with van der Waals surface area (Å²) in [6, 6.07) is 4.38. The van der Waals surface area contributed by atoms with Crippen molar-refractivity contribution in [1.29, 1.82) is 0 Å². The summed E-state index contributed by atoms with van der Waals surface area (Å²) in [5, 5.41) is 3.38. The lowest BCUT2D eigenvalue weighted by Gasteiger charge is -2.31. The van der Waals surface area contributed by atoms with Gasteiger partial charge in [-0.05, 0) is 32.9 Å². The quantitative estimate of drug-likeness (QED) is 0.899. The van der Waals surface area contributed by atoms with Gasteiger partial charge in [0.15, 0.2) is 0 Å². The lowest BCUT2D eigenvalue weighted by molar-refractivity contribution is -0.0729. The van der Waals surface area contributed by atoms with E-state index in [1.165, 1.54) is 5.56 Å². The Hall–Kier alpha value is -1.13. The number of nitrogens with one attached hydrogen (secondary N) is 1. The van der Waals surface area contributed by atoms with Gasteiger partial charge < -0.3 is 14.8 Å². The molecule has 2 rings (SSSR count). The summed E-state index contributed by atoms with van der Waals surface area (Å²) in [6.07, 6.45) is 4.49. The Balaban J connectivity index is 1.93. The molecule has 1 aromatic heterocycles. The normalized spacial score (nSPS) is 28.1. The molecule has 112 valence electrons. The molecule has 3 unspecified atom stereocenters. The first kappa shape index (κ1) is 15.3. The molecule has 0 aliphatic carbocycles.